The first-order valence-electron chi connectivity index (χ1n) is 16.5. The van der Waals surface area contributed by atoms with Gasteiger partial charge in [0.25, 0.3) is 5.91 Å². The Bertz CT molecular complexity index is 1630. The molecule has 46 heavy (non-hydrogen) atoms. The summed E-state index contributed by atoms with van der Waals surface area (Å²) >= 11 is 6.42. The molecule has 3 N–H and O–H groups in total. The molecule has 6 atom stereocenters. The van der Waals surface area contributed by atoms with Crippen molar-refractivity contribution >= 4 is 39.1 Å². The van der Waals surface area contributed by atoms with Crippen LogP contribution in [-0.4, -0.2) is 57.4 Å². The van der Waals surface area contributed by atoms with E-state index in [2.05, 4.69) is 21.8 Å². The van der Waals surface area contributed by atoms with Crippen LogP contribution in [0.5, 0.6) is 5.75 Å². The molecule has 0 saturated heterocycles. The predicted molar refractivity (Wildman–Crippen MR) is 179 cm³/mol. The second-order valence-electron chi connectivity index (χ2n) is 13.4. The number of primary amides is 1. The molecule has 2 aromatic rings. The third-order valence-corrected chi connectivity index (χ3v) is 12.7. The predicted octanol–water partition coefficient (Wildman–Crippen LogP) is 5.29. The summed E-state index contributed by atoms with van der Waals surface area (Å²) in [6.45, 7) is 5.30. The van der Waals surface area contributed by atoms with Crippen molar-refractivity contribution in [3.8, 4) is 5.75 Å². The van der Waals surface area contributed by atoms with Crippen LogP contribution in [0.4, 0.5) is 5.69 Å². The van der Waals surface area contributed by atoms with E-state index in [-0.39, 0.29) is 28.9 Å². The minimum Gasteiger partial charge on any atom is -0.490 e. The Kier molecular flexibility index (Phi) is 9.43. The number of rotatable bonds is 4. The zero-order valence-electron chi connectivity index (χ0n) is 26.5. The molecule has 2 aliphatic heterocycles. The van der Waals surface area contributed by atoms with E-state index in [1.807, 2.05) is 18.2 Å². The molecular weight excluding hydrogens is 626 g/mol. The summed E-state index contributed by atoms with van der Waals surface area (Å²) in [7, 11) is -3.93. The summed E-state index contributed by atoms with van der Waals surface area (Å²) in [6, 6.07) is 11.3. The van der Waals surface area contributed by atoms with Gasteiger partial charge in [-0.1, -0.05) is 36.7 Å². The summed E-state index contributed by atoms with van der Waals surface area (Å²) in [5.41, 5.74) is 8.81. The first-order chi connectivity index (χ1) is 22.0. The Morgan fingerprint density at radius 2 is 2.04 bits per heavy atom. The van der Waals surface area contributed by atoms with Gasteiger partial charge in [0, 0.05) is 29.1 Å². The molecular formula is C35H44ClN3O6S. The van der Waals surface area contributed by atoms with E-state index in [0.29, 0.717) is 44.7 Å². The van der Waals surface area contributed by atoms with E-state index >= 15 is 0 Å². The van der Waals surface area contributed by atoms with Gasteiger partial charge in [-0.3, -0.25) is 9.59 Å². The van der Waals surface area contributed by atoms with E-state index in [1.54, 1.807) is 32.0 Å². The van der Waals surface area contributed by atoms with E-state index in [9.17, 15) is 18.0 Å². The highest BCUT2D eigenvalue weighted by Gasteiger charge is 2.45. The minimum absolute atomic E-state index is 0.143. The molecule has 2 aliphatic carbocycles. The van der Waals surface area contributed by atoms with Gasteiger partial charge in [0.15, 0.2) is 0 Å². The Morgan fingerprint density at radius 1 is 1.22 bits per heavy atom. The molecule has 2 amide bonds. The van der Waals surface area contributed by atoms with Crippen molar-refractivity contribution < 1.29 is 27.5 Å². The lowest BCUT2D eigenvalue weighted by molar-refractivity contribution is -0.134. The third kappa shape index (κ3) is 6.53. The molecule has 2 heterocycles. The monoisotopic (exact) mass is 669 g/mol. The van der Waals surface area contributed by atoms with Gasteiger partial charge in [0.05, 0.1) is 23.6 Å². The van der Waals surface area contributed by atoms with E-state index in [1.165, 1.54) is 11.1 Å². The van der Waals surface area contributed by atoms with Crippen LogP contribution in [0.15, 0.2) is 48.6 Å². The van der Waals surface area contributed by atoms with Gasteiger partial charge < -0.3 is 20.1 Å². The van der Waals surface area contributed by atoms with Crippen LogP contribution in [0.1, 0.15) is 80.3 Å². The number of carbonyl (C=O) groups is 2. The van der Waals surface area contributed by atoms with Gasteiger partial charge >= 0.3 is 0 Å². The van der Waals surface area contributed by atoms with Crippen molar-refractivity contribution in [1.29, 1.82) is 0 Å². The average molecular weight is 670 g/mol. The quantitative estimate of drug-likeness (QED) is 0.424. The molecule has 6 rings (SSSR count). The van der Waals surface area contributed by atoms with Gasteiger partial charge in [0.1, 0.15) is 11.9 Å². The van der Waals surface area contributed by atoms with Crippen molar-refractivity contribution in [3.05, 3.63) is 70.3 Å². The number of fused-ring (bicyclic) bond motifs is 4. The number of anilines is 1. The summed E-state index contributed by atoms with van der Waals surface area (Å²) in [5, 5.41) is -0.0223. The highest BCUT2D eigenvalue weighted by Crippen LogP contribution is 2.47. The fourth-order valence-corrected chi connectivity index (χ4v) is 9.37. The molecule has 1 saturated carbocycles. The fourth-order valence-electron chi connectivity index (χ4n) is 7.75. The highest BCUT2D eigenvalue weighted by atomic mass is 35.5. The van der Waals surface area contributed by atoms with Gasteiger partial charge in [0.2, 0.25) is 15.9 Å². The van der Waals surface area contributed by atoms with Crippen molar-refractivity contribution in [1.82, 2.24) is 4.72 Å². The molecule has 1 spiro atoms. The van der Waals surface area contributed by atoms with Crippen molar-refractivity contribution in [3.63, 3.8) is 0 Å². The maximum atomic E-state index is 13.4. The van der Waals surface area contributed by atoms with Gasteiger partial charge in [-0.15, -0.1) is 0 Å². The number of nitrogens with two attached hydrogens (primary N) is 1. The SMILES string of the molecule is CC[C@@H]1CC/C=C/[C@H](O[C@H](C)C(N)=O)[C@@H]2CC[C@H]2CN2C[C@@]3(CCCc4cc(Cl)ccc43)COc3ccc(cc32)C(=O)NS1(=O)=O. The van der Waals surface area contributed by atoms with Crippen LogP contribution < -0.4 is 20.1 Å². The van der Waals surface area contributed by atoms with E-state index in [0.717, 1.165) is 42.8 Å². The minimum atomic E-state index is -3.93. The molecule has 248 valence electrons. The van der Waals surface area contributed by atoms with Crippen LogP contribution in [0.3, 0.4) is 0 Å². The van der Waals surface area contributed by atoms with Gasteiger partial charge in [-0.2, -0.15) is 0 Å². The van der Waals surface area contributed by atoms with Crippen LogP contribution in [0, 0.1) is 11.8 Å². The van der Waals surface area contributed by atoms with Crippen molar-refractivity contribution in [2.45, 2.75) is 88.1 Å². The number of benzene rings is 2. The molecule has 0 aromatic heterocycles. The molecule has 11 heteroatoms. The zero-order valence-corrected chi connectivity index (χ0v) is 28.1. The Hall–Kier alpha value is -3.08. The number of sulfonamides is 1. The molecule has 0 unspecified atom stereocenters. The highest BCUT2D eigenvalue weighted by molar-refractivity contribution is 7.90. The number of ether oxygens (including phenoxy) is 2. The van der Waals surface area contributed by atoms with Crippen molar-refractivity contribution in [2.75, 3.05) is 24.6 Å². The largest absolute Gasteiger partial charge is 0.490 e. The van der Waals surface area contributed by atoms with Crippen LogP contribution in [0.25, 0.3) is 0 Å². The summed E-state index contributed by atoms with van der Waals surface area (Å²) in [5.74, 6) is -0.107. The number of hydrogen-bond acceptors (Lipinski definition) is 7. The second kappa shape index (κ2) is 13.2. The topological polar surface area (TPSA) is 128 Å². The summed E-state index contributed by atoms with van der Waals surface area (Å²) in [4.78, 5) is 27.8. The number of allylic oxidation sites excluding steroid dienone is 1. The Morgan fingerprint density at radius 3 is 2.78 bits per heavy atom. The molecule has 1 fully saturated rings. The van der Waals surface area contributed by atoms with Crippen LogP contribution in [-0.2, 0) is 31.4 Å². The Labute approximate surface area is 276 Å². The molecule has 4 aliphatic rings. The van der Waals surface area contributed by atoms with Crippen LogP contribution in [0.2, 0.25) is 5.02 Å². The summed E-state index contributed by atoms with van der Waals surface area (Å²) in [6.07, 6.45) is 8.84. The first-order valence-corrected chi connectivity index (χ1v) is 18.4. The standard InChI is InChI=1S/C35H44ClN3O6S/c1-3-27-8-4-5-9-31(45-22(2)33(37)40)28-13-10-25(28)19-39-20-35(16-6-7-23-17-26(36)12-14-29(23)35)21-44-32-15-11-24(18-30(32)39)34(41)38-46(27,42)43/h5,9,11-12,14-15,17-18,22,25,27-28,31H,3-4,6-8,10,13,16,19-21H2,1-2H3,(H2,37,40)(H,38,41)/b9-5+/t22-,25+,27-,28-,31+,35+/m1/s1. The molecule has 9 nitrogen and oxygen atoms in total. The smallest absolute Gasteiger partial charge is 0.264 e. The number of amides is 2. The van der Waals surface area contributed by atoms with Gasteiger partial charge in [-0.25, -0.2) is 13.1 Å². The lowest BCUT2D eigenvalue weighted by Crippen LogP contribution is -2.50. The van der Waals surface area contributed by atoms with Gasteiger partial charge in [-0.05, 0) is 112 Å². The average Bonchev–Trinajstić information content (AvgIpc) is 3.15. The van der Waals surface area contributed by atoms with Crippen LogP contribution >= 0.6 is 11.6 Å². The van der Waals surface area contributed by atoms with Crippen molar-refractivity contribution in [2.24, 2.45) is 17.6 Å². The Balaban J connectivity index is 1.42. The normalized spacial score (nSPS) is 30.4. The maximum absolute atomic E-state index is 13.4. The molecule has 2 aromatic carbocycles. The number of nitrogens with zero attached hydrogens (tertiary/aromatic N) is 1. The fraction of sp³-hybridized carbons (Fsp3) is 0.543. The number of aryl methyl sites for hydroxylation is 1. The third-order valence-electron chi connectivity index (χ3n) is 10.5. The molecule has 0 radical (unpaired) electrons. The zero-order chi connectivity index (χ0) is 32.6. The molecule has 2 bridgehead atoms. The number of hydrogen-bond donors (Lipinski definition) is 2. The van der Waals surface area contributed by atoms with E-state index < -0.39 is 33.2 Å². The lowest BCUT2D eigenvalue weighted by Gasteiger charge is -2.46. The lowest BCUT2D eigenvalue weighted by atomic mass is 9.68. The number of carbonyl (C=O) groups excluding carboxylic acids is 2. The number of nitrogens with one attached hydrogen (secondary N) is 1. The second-order valence-corrected chi connectivity index (χ2v) is 15.8. The van der Waals surface area contributed by atoms with E-state index in [4.69, 9.17) is 26.8 Å². The summed E-state index contributed by atoms with van der Waals surface area (Å²) < 4.78 is 41.8. The number of halogens is 1. The first kappa shape index (κ1) is 32.8. The maximum Gasteiger partial charge on any atom is 0.264 e.